The van der Waals surface area contributed by atoms with Gasteiger partial charge in [-0.1, -0.05) is 27.2 Å². The van der Waals surface area contributed by atoms with Gasteiger partial charge in [-0.25, -0.2) is 0 Å². The molecular weight excluding hydrogens is 272 g/mol. The first kappa shape index (κ1) is 15.4. The Kier molecular flexibility index (Phi) is 3.16. The normalized spacial score (nSPS) is 56.3. The van der Waals surface area contributed by atoms with Crippen molar-refractivity contribution in [3.8, 4) is 0 Å². The van der Waals surface area contributed by atoms with E-state index in [1.165, 1.54) is 44.9 Å². The molecule has 2 N–H and O–H groups in total. The third-order valence-corrected chi connectivity index (χ3v) is 8.89. The van der Waals surface area contributed by atoms with Crippen molar-refractivity contribution in [2.24, 2.45) is 34.0 Å². The molecule has 0 amide bonds. The van der Waals surface area contributed by atoms with E-state index in [4.69, 9.17) is 0 Å². The van der Waals surface area contributed by atoms with Gasteiger partial charge in [-0.15, -0.1) is 0 Å². The summed E-state index contributed by atoms with van der Waals surface area (Å²) in [5, 5.41) is 20.7. The Morgan fingerprint density at radius 2 is 1.73 bits per heavy atom. The molecule has 4 aliphatic rings. The highest BCUT2D eigenvalue weighted by Gasteiger charge is 2.66. The molecule has 0 aromatic heterocycles. The molecule has 126 valence electrons. The molecule has 2 heteroatoms. The minimum Gasteiger partial charge on any atom is -0.393 e. The monoisotopic (exact) mass is 306 g/mol. The van der Waals surface area contributed by atoms with Gasteiger partial charge in [0.15, 0.2) is 0 Å². The van der Waals surface area contributed by atoms with Gasteiger partial charge in [0.25, 0.3) is 0 Å². The summed E-state index contributed by atoms with van der Waals surface area (Å²) in [7, 11) is 0. The van der Waals surface area contributed by atoms with Gasteiger partial charge >= 0.3 is 0 Å². The molecule has 6 atom stereocenters. The number of rotatable bonds is 1. The Hall–Kier alpha value is -0.0800. The van der Waals surface area contributed by atoms with Crippen molar-refractivity contribution >= 4 is 0 Å². The molecule has 2 bridgehead atoms. The SMILES string of the molecule is CC1(C)CCC[C@@]2(C)[C@@H]3CC[C@@H]4C[C@@]3(CC[C@@H]12)C[C@]4(O)CO. The predicted octanol–water partition coefficient (Wildman–Crippen LogP) is 4.14. The van der Waals surface area contributed by atoms with Crippen molar-refractivity contribution in [1.29, 1.82) is 0 Å². The van der Waals surface area contributed by atoms with Gasteiger partial charge in [-0.3, -0.25) is 0 Å². The molecule has 1 spiro atoms. The summed E-state index contributed by atoms with van der Waals surface area (Å²) in [5.74, 6) is 1.98. The van der Waals surface area contributed by atoms with Crippen LogP contribution in [-0.4, -0.2) is 22.4 Å². The van der Waals surface area contributed by atoms with Gasteiger partial charge in [0.05, 0.1) is 12.2 Å². The maximum atomic E-state index is 10.9. The van der Waals surface area contributed by atoms with Crippen molar-refractivity contribution in [2.45, 2.75) is 84.2 Å². The predicted molar refractivity (Wildman–Crippen MR) is 88.4 cm³/mol. The minimum absolute atomic E-state index is 0.0300. The van der Waals surface area contributed by atoms with Crippen LogP contribution in [0.15, 0.2) is 0 Å². The lowest BCUT2D eigenvalue weighted by atomic mass is 9.41. The van der Waals surface area contributed by atoms with E-state index in [1.807, 2.05) is 0 Å². The molecule has 4 fully saturated rings. The van der Waals surface area contributed by atoms with E-state index in [9.17, 15) is 10.2 Å². The van der Waals surface area contributed by atoms with Crippen molar-refractivity contribution < 1.29 is 10.2 Å². The fourth-order valence-corrected chi connectivity index (χ4v) is 8.13. The fraction of sp³-hybridized carbons (Fsp3) is 1.00. The first-order chi connectivity index (χ1) is 10.3. The molecular formula is C20H34O2. The number of aliphatic hydroxyl groups excluding tert-OH is 1. The molecule has 0 aromatic rings. The van der Waals surface area contributed by atoms with Crippen LogP contribution in [0.2, 0.25) is 0 Å². The van der Waals surface area contributed by atoms with E-state index in [0.29, 0.717) is 22.2 Å². The third-order valence-electron chi connectivity index (χ3n) is 8.89. The van der Waals surface area contributed by atoms with Crippen LogP contribution in [0.3, 0.4) is 0 Å². The Labute approximate surface area is 135 Å². The van der Waals surface area contributed by atoms with Gasteiger partial charge < -0.3 is 10.2 Å². The van der Waals surface area contributed by atoms with Crippen LogP contribution in [0.1, 0.15) is 78.6 Å². The Morgan fingerprint density at radius 3 is 2.45 bits per heavy atom. The van der Waals surface area contributed by atoms with Crippen molar-refractivity contribution in [1.82, 2.24) is 0 Å². The zero-order valence-corrected chi connectivity index (χ0v) is 14.7. The molecule has 2 nitrogen and oxygen atoms in total. The molecule has 0 saturated heterocycles. The zero-order chi connectivity index (χ0) is 15.8. The maximum absolute atomic E-state index is 10.9. The number of fused-ring (bicyclic) bond motifs is 3. The lowest BCUT2D eigenvalue weighted by molar-refractivity contribution is -0.145. The minimum atomic E-state index is -0.776. The molecule has 4 aliphatic carbocycles. The standard InChI is InChI=1S/C20H34O2/c1-17(2)8-4-9-18(3)15(17)7-10-19-11-14(5-6-16(18)19)20(22,12-19)13-21/h14-16,21-22H,4-13H2,1-3H3/t14-,15+,16+,18-,19+,20+/m1/s1. The molecule has 0 aliphatic heterocycles. The van der Waals surface area contributed by atoms with Gasteiger partial charge in [0.1, 0.15) is 0 Å². The van der Waals surface area contributed by atoms with Crippen LogP contribution < -0.4 is 0 Å². The highest BCUT2D eigenvalue weighted by Crippen LogP contribution is 2.72. The van der Waals surface area contributed by atoms with E-state index in [-0.39, 0.29) is 6.61 Å². The fourth-order valence-electron chi connectivity index (χ4n) is 8.13. The largest absolute Gasteiger partial charge is 0.393 e. The van der Waals surface area contributed by atoms with E-state index < -0.39 is 5.60 Å². The quantitative estimate of drug-likeness (QED) is 0.764. The second kappa shape index (κ2) is 4.51. The van der Waals surface area contributed by atoms with Crippen LogP contribution in [0, 0.1) is 34.0 Å². The van der Waals surface area contributed by atoms with Crippen LogP contribution in [0.4, 0.5) is 0 Å². The van der Waals surface area contributed by atoms with Gasteiger partial charge in [-0.2, -0.15) is 0 Å². The summed E-state index contributed by atoms with van der Waals surface area (Å²) in [6.07, 6.45) is 11.2. The average molecular weight is 306 g/mol. The summed E-state index contributed by atoms with van der Waals surface area (Å²) in [6.45, 7) is 7.55. The summed E-state index contributed by atoms with van der Waals surface area (Å²) >= 11 is 0. The van der Waals surface area contributed by atoms with E-state index in [2.05, 4.69) is 20.8 Å². The molecule has 0 aromatic carbocycles. The van der Waals surface area contributed by atoms with Crippen LogP contribution in [0.25, 0.3) is 0 Å². The first-order valence-electron chi connectivity index (χ1n) is 9.59. The van der Waals surface area contributed by atoms with Crippen molar-refractivity contribution in [3.05, 3.63) is 0 Å². The molecule has 0 unspecified atom stereocenters. The lowest BCUT2D eigenvalue weighted by Gasteiger charge is -2.64. The second-order valence-electron chi connectivity index (χ2n) is 10.3. The van der Waals surface area contributed by atoms with E-state index >= 15 is 0 Å². The Bertz CT molecular complexity index is 472. The average Bonchev–Trinajstić information content (AvgIpc) is 2.65. The summed E-state index contributed by atoms with van der Waals surface area (Å²) in [6, 6.07) is 0. The summed E-state index contributed by atoms with van der Waals surface area (Å²) < 4.78 is 0. The Morgan fingerprint density at radius 1 is 0.955 bits per heavy atom. The van der Waals surface area contributed by atoms with Gasteiger partial charge in [-0.05, 0) is 85.4 Å². The van der Waals surface area contributed by atoms with Gasteiger partial charge in [0.2, 0.25) is 0 Å². The number of aliphatic hydroxyl groups is 2. The maximum Gasteiger partial charge on any atom is 0.0910 e. The van der Waals surface area contributed by atoms with E-state index in [0.717, 1.165) is 24.7 Å². The molecule has 0 heterocycles. The number of hydrogen-bond acceptors (Lipinski definition) is 2. The molecule has 4 saturated carbocycles. The lowest BCUT2D eigenvalue weighted by Crippen LogP contribution is -2.55. The third kappa shape index (κ3) is 1.80. The highest BCUT2D eigenvalue weighted by atomic mass is 16.3. The summed E-state index contributed by atoms with van der Waals surface area (Å²) in [5.41, 5.74) is 0.504. The zero-order valence-electron chi connectivity index (χ0n) is 14.7. The smallest absolute Gasteiger partial charge is 0.0910 e. The summed E-state index contributed by atoms with van der Waals surface area (Å²) in [4.78, 5) is 0. The number of hydrogen-bond donors (Lipinski definition) is 2. The topological polar surface area (TPSA) is 40.5 Å². The second-order valence-corrected chi connectivity index (χ2v) is 10.3. The van der Waals surface area contributed by atoms with Crippen molar-refractivity contribution in [2.75, 3.05) is 6.61 Å². The van der Waals surface area contributed by atoms with Crippen LogP contribution in [0.5, 0.6) is 0 Å². The van der Waals surface area contributed by atoms with E-state index in [1.54, 1.807) is 0 Å². The van der Waals surface area contributed by atoms with Gasteiger partial charge in [0, 0.05) is 0 Å². The molecule has 22 heavy (non-hydrogen) atoms. The van der Waals surface area contributed by atoms with Crippen molar-refractivity contribution in [3.63, 3.8) is 0 Å². The molecule has 0 radical (unpaired) electrons. The van der Waals surface area contributed by atoms with Crippen LogP contribution >= 0.6 is 0 Å². The molecule has 4 rings (SSSR count). The van der Waals surface area contributed by atoms with Crippen LogP contribution in [-0.2, 0) is 0 Å². The highest BCUT2D eigenvalue weighted by molar-refractivity contribution is 5.16. The Balaban J connectivity index is 1.72. The first-order valence-corrected chi connectivity index (χ1v) is 9.59.